The first-order chi connectivity index (χ1) is 8.70. The molecule has 1 aromatic carbocycles. The summed E-state index contributed by atoms with van der Waals surface area (Å²) in [6.07, 6.45) is 0. The van der Waals surface area contributed by atoms with Gasteiger partial charge in [-0.2, -0.15) is 0 Å². The number of rotatable bonds is 6. The van der Waals surface area contributed by atoms with Crippen molar-refractivity contribution in [3.63, 3.8) is 0 Å². The van der Waals surface area contributed by atoms with Gasteiger partial charge in [0.2, 0.25) is 0 Å². The molecule has 1 unspecified atom stereocenters. The Morgan fingerprint density at radius 2 is 2.28 bits per heavy atom. The largest absolute Gasteiger partial charge is 0.494 e. The van der Waals surface area contributed by atoms with E-state index in [4.69, 9.17) is 15.2 Å². The monoisotopic (exact) mass is 267 g/mol. The summed E-state index contributed by atoms with van der Waals surface area (Å²) in [4.78, 5) is 0. The Labute approximate surface area is 113 Å². The molecular formula is C14H21NO2S. The fraction of sp³-hybridized carbons (Fsp3) is 0.571. The molecule has 1 aromatic rings. The van der Waals surface area contributed by atoms with Crippen molar-refractivity contribution in [1.82, 2.24) is 0 Å². The number of benzene rings is 1. The van der Waals surface area contributed by atoms with E-state index in [-0.39, 0.29) is 6.04 Å². The number of hydrogen-bond donors (Lipinski definition) is 1. The smallest absolute Gasteiger partial charge is 0.123 e. The summed E-state index contributed by atoms with van der Waals surface area (Å²) in [6, 6.07) is 6.32. The number of hydrogen-bond acceptors (Lipinski definition) is 4. The molecule has 1 atom stereocenters. The molecule has 0 aliphatic carbocycles. The van der Waals surface area contributed by atoms with Gasteiger partial charge in [-0.15, -0.1) is 11.8 Å². The second-order valence-corrected chi connectivity index (χ2v) is 5.85. The average Bonchev–Trinajstić information content (AvgIpc) is 2.29. The van der Waals surface area contributed by atoms with Crippen molar-refractivity contribution in [2.24, 2.45) is 5.73 Å². The molecule has 0 bridgehead atoms. The average molecular weight is 267 g/mol. The van der Waals surface area contributed by atoms with E-state index in [0.29, 0.717) is 11.9 Å². The van der Waals surface area contributed by atoms with Gasteiger partial charge in [0.1, 0.15) is 5.75 Å². The van der Waals surface area contributed by atoms with Crippen molar-refractivity contribution in [2.45, 2.75) is 30.9 Å². The second-order valence-electron chi connectivity index (χ2n) is 4.56. The van der Waals surface area contributed by atoms with Gasteiger partial charge in [-0.3, -0.25) is 0 Å². The Bertz CT molecular complexity index is 391. The standard InChI is InChI=1S/C14H21NO2S/c1-3-17-14-5-4-11(10(2)15)6-12(14)9-18-13-7-16-8-13/h4-6,10,13H,3,7-9,15H2,1-2H3. The van der Waals surface area contributed by atoms with Crippen LogP contribution in [-0.4, -0.2) is 25.1 Å². The van der Waals surface area contributed by atoms with E-state index in [0.717, 1.165) is 24.7 Å². The molecule has 0 saturated carbocycles. The Morgan fingerprint density at radius 1 is 1.50 bits per heavy atom. The van der Waals surface area contributed by atoms with E-state index in [9.17, 15) is 0 Å². The summed E-state index contributed by atoms with van der Waals surface area (Å²) >= 11 is 1.93. The molecule has 0 radical (unpaired) electrons. The molecular weight excluding hydrogens is 246 g/mol. The molecule has 0 aromatic heterocycles. The highest BCUT2D eigenvalue weighted by Gasteiger charge is 2.19. The van der Waals surface area contributed by atoms with Crippen molar-refractivity contribution >= 4 is 11.8 Å². The van der Waals surface area contributed by atoms with Crippen LogP contribution in [0.4, 0.5) is 0 Å². The Morgan fingerprint density at radius 3 is 2.83 bits per heavy atom. The van der Waals surface area contributed by atoms with Crippen molar-refractivity contribution in [3.8, 4) is 5.75 Å². The van der Waals surface area contributed by atoms with Crippen molar-refractivity contribution in [3.05, 3.63) is 29.3 Å². The molecule has 100 valence electrons. The summed E-state index contributed by atoms with van der Waals surface area (Å²) in [5, 5.41) is 0.637. The van der Waals surface area contributed by atoms with Gasteiger partial charge in [-0.05, 0) is 31.5 Å². The third-order valence-electron chi connectivity index (χ3n) is 2.99. The maximum Gasteiger partial charge on any atom is 0.123 e. The molecule has 2 N–H and O–H groups in total. The zero-order valence-electron chi connectivity index (χ0n) is 11.0. The summed E-state index contributed by atoms with van der Waals surface area (Å²) in [7, 11) is 0. The van der Waals surface area contributed by atoms with Crippen LogP contribution in [0.15, 0.2) is 18.2 Å². The van der Waals surface area contributed by atoms with Crippen LogP contribution in [0.3, 0.4) is 0 Å². The van der Waals surface area contributed by atoms with Gasteiger partial charge in [0.05, 0.1) is 25.1 Å². The van der Waals surface area contributed by atoms with Crippen molar-refractivity contribution in [2.75, 3.05) is 19.8 Å². The molecule has 2 rings (SSSR count). The van der Waals surface area contributed by atoms with Crippen LogP contribution in [0.1, 0.15) is 31.0 Å². The minimum Gasteiger partial charge on any atom is -0.494 e. The minimum atomic E-state index is 0.0662. The minimum absolute atomic E-state index is 0.0662. The van der Waals surface area contributed by atoms with E-state index in [1.54, 1.807) is 0 Å². The quantitative estimate of drug-likeness (QED) is 0.860. The van der Waals surface area contributed by atoms with Gasteiger partial charge >= 0.3 is 0 Å². The molecule has 1 aliphatic rings. The first-order valence-electron chi connectivity index (χ1n) is 6.41. The van der Waals surface area contributed by atoms with Crippen LogP contribution >= 0.6 is 11.8 Å². The summed E-state index contributed by atoms with van der Waals surface area (Å²) in [6.45, 7) is 6.47. The van der Waals surface area contributed by atoms with Gasteiger partial charge < -0.3 is 15.2 Å². The number of nitrogens with two attached hydrogens (primary N) is 1. The zero-order chi connectivity index (χ0) is 13.0. The van der Waals surface area contributed by atoms with Crippen LogP contribution in [0.2, 0.25) is 0 Å². The highest BCUT2D eigenvalue weighted by atomic mass is 32.2. The molecule has 1 aliphatic heterocycles. The van der Waals surface area contributed by atoms with Crippen LogP contribution in [0, 0.1) is 0 Å². The van der Waals surface area contributed by atoms with E-state index < -0.39 is 0 Å². The fourth-order valence-electron chi connectivity index (χ4n) is 1.81. The maximum atomic E-state index is 5.93. The summed E-state index contributed by atoms with van der Waals surface area (Å²) < 4.78 is 10.9. The van der Waals surface area contributed by atoms with Crippen LogP contribution in [0.5, 0.6) is 5.75 Å². The maximum absolute atomic E-state index is 5.93. The highest BCUT2D eigenvalue weighted by molar-refractivity contribution is 7.99. The molecule has 4 heteroatoms. The van der Waals surface area contributed by atoms with Gasteiger partial charge in [-0.25, -0.2) is 0 Å². The third-order valence-corrected chi connectivity index (χ3v) is 4.21. The SMILES string of the molecule is CCOc1ccc(C(C)N)cc1CSC1COC1. The number of thioether (sulfide) groups is 1. The lowest BCUT2D eigenvalue weighted by atomic mass is 10.1. The zero-order valence-corrected chi connectivity index (χ0v) is 11.8. The summed E-state index contributed by atoms with van der Waals surface area (Å²) in [5.74, 6) is 1.94. The molecule has 0 amide bonds. The molecule has 0 spiro atoms. The van der Waals surface area contributed by atoms with Gasteiger partial charge in [0, 0.05) is 17.4 Å². The second kappa shape index (κ2) is 6.45. The summed E-state index contributed by atoms with van der Waals surface area (Å²) in [5.41, 5.74) is 8.34. The predicted molar refractivity (Wildman–Crippen MR) is 76.1 cm³/mol. The third kappa shape index (κ3) is 3.40. The molecule has 1 heterocycles. The Kier molecular flexibility index (Phi) is 4.92. The van der Waals surface area contributed by atoms with E-state index >= 15 is 0 Å². The Hall–Kier alpha value is -0.710. The Balaban J connectivity index is 2.08. The molecule has 1 fully saturated rings. The molecule has 18 heavy (non-hydrogen) atoms. The topological polar surface area (TPSA) is 44.5 Å². The van der Waals surface area contributed by atoms with Crippen molar-refractivity contribution < 1.29 is 9.47 Å². The van der Waals surface area contributed by atoms with Gasteiger partial charge in [0.25, 0.3) is 0 Å². The van der Waals surface area contributed by atoms with Crippen LogP contribution in [0.25, 0.3) is 0 Å². The predicted octanol–water partition coefficient (Wildman–Crippen LogP) is 2.74. The lowest BCUT2D eigenvalue weighted by molar-refractivity contribution is 0.0455. The van der Waals surface area contributed by atoms with E-state index in [1.807, 2.05) is 31.7 Å². The lowest BCUT2D eigenvalue weighted by Gasteiger charge is -2.25. The van der Waals surface area contributed by atoms with Crippen LogP contribution in [-0.2, 0) is 10.5 Å². The molecule has 1 saturated heterocycles. The first-order valence-corrected chi connectivity index (χ1v) is 7.46. The van der Waals surface area contributed by atoms with Crippen LogP contribution < -0.4 is 10.5 Å². The lowest BCUT2D eigenvalue weighted by Crippen LogP contribution is -2.30. The van der Waals surface area contributed by atoms with E-state index in [2.05, 4.69) is 12.1 Å². The van der Waals surface area contributed by atoms with Gasteiger partial charge in [-0.1, -0.05) is 6.07 Å². The van der Waals surface area contributed by atoms with E-state index in [1.165, 1.54) is 11.1 Å². The fourth-order valence-corrected chi connectivity index (χ4v) is 2.84. The number of ether oxygens (including phenoxy) is 2. The first kappa shape index (κ1) is 13.7. The van der Waals surface area contributed by atoms with Gasteiger partial charge in [0.15, 0.2) is 0 Å². The molecule has 3 nitrogen and oxygen atoms in total. The normalized spacial score (nSPS) is 17.3. The van der Waals surface area contributed by atoms with Crippen molar-refractivity contribution in [1.29, 1.82) is 0 Å². The highest BCUT2D eigenvalue weighted by Crippen LogP contribution is 2.30.